The van der Waals surface area contributed by atoms with Gasteiger partial charge in [0, 0.05) is 31.8 Å². The molecule has 0 saturated carbocycles. The number of imide groups is 1. The lowest BCUT2D eigenvalue weighted by Crippen LogP contribution is -2.62. The second-order valence-corrected chi connectivity index (χ2v) is 10.9. The third-order valence-corrected chi connectivity index (χ3v) is 8.00. The summed E-state index contributed by atoms with van der Waals surface area (Å²) >= 11 is 0. The molecule has 2 aromatic carbocycles. The van der Waals surface area contributed by atoms with Gasteiger partial charge in [-0.25, -0.2) is 18.0 Å². The van der Waals surface area contributed by atoms with Gasteiger partial charge in [0.15, 0.2) is 6.54 Å². The first-order valence-electron chi connectivity index (χ1n) is 11.1. The Hall–Kier alpha value is -4.10. The number of alkyl halides is 3. The molecule has 0 N–H and O–H groups in total. The first kappa shape index (κ1) is 26.9. The number of amides is 3. The smallest absolute Gasteiger partial charge is 0.266 e. The van der Waals surface area contributed by atoms with E-state index in [2.05, 4.69) is 4.98 Å². The van der Waals surface area contributed by atoms with Crippen molar-refractivity contribution in [2.45, 2.75) is 41.9 Å². The number of nitrogens with zero attached hydrogens (tertiary/aromatic N) is 3. The van der Waals surface area contributed by atoms with Crippen LogP contribution in [0, 0.1) is 0 Å². The van der Waals surface area contributed by atoms with E-state index in [1.807, 2.05) is 0 Å². The number of pyridine rings is 1. The summed E-state index contributed by atoms with van der Waals surface area (Å²) in [5.41, 5.74) is -1.83. The van der Waals surface area contributed by atoms with E-state index < -0.39 is 50.7 Å². The Balaban J connectivity index is 1.78. The summed E-state index contributed by atoms with van der Waals surface area (Å²) in [5, 5.41) is 0. The van der Waals surface area contributed by atoms with Crippen LogP contribution in [-0.4, -0.2) is 47.7 Å². The number of urea groups is 1. The van der Waals surface area contributed by atoms with Crippen molar-refractivity contribution >= 4 is 33.4 Å². The quantitative estimate of drug-likeness (QED) is 0.335. The fourth-order valence-corrected chi connectivity index (χ4v) is 5.32. The number of hydrogen-bond acceptors (Lipinski definition) is 7. The highest BCUT2D eigenvalue weighted by Crippen LogP contribution is 2.42. The van der Waals surface area contributed by atoms with Crippen LogP contribution < -0.4 is 4.90 Å². The number of quaternary nitrogens is 1. The Labute approximate surface area is 215 Å². The number of hydrogen-bond donors (Lipinski definition) is 0. The summed E-state index contributed by atoms with van der Waals surface area (Å²) in [6, 6.07) is 13.8. The van der Waals surface area contributed by atoms with Gasteiger partial charge in [-0.2, -0.15) is 18.1 Å². The highest BCUT2D eigenvalue weighted by atomic mass is 32.2. The molecule has 0 spiro atoms. The van der Waals surface area contributed by atoms with Crippen molar-refractivity contribution in [3.8, 4) is 0 Å². The SMILES string of the molecule is CC1(C)C(=O)N(c2ccc(S(=O)(=O)c3ccccc3)cc2)C(=O)[N+]1(Cc1ccncc1)OC(=O)C(F)(F)F. The number of benzene rings is 2. The first-order chi connectivity index (χ1) is 17.7. The Kier molecular flexibility index (Phi) is 6.62. The highest BCUT2D eigenvalue weighted by Gasteiger charge is 2.71. The molecule has 0 radical (unpaired) electrons. The normalized spacial score (nSPS) is 19.4. The van der Waals surface area contributed by atoms with Crippen molar-refractivity contribution in [3.63, 3.8) is 0 Å². The maximum absolute atomic E-state index is 13.7. The molecule has 13 heteroatoms. The summed E-state index contributed by atoms with van der Waals surface area (Å²) in [7, 11) is -3.92. The lowest BCUT2D eigenvalue weighted by atomic mass is 10.0. The molecular weight excluding hydrogens is 527 g/mol. The van der Waals surface area contributed by atoms with Crippen LogP contribution in [0.5, 0.6) is 0 Å². The molecule has 3 amide bonds. The second-order valence-electron chi connectivity index (χ2n) is 8.92. The maximum atomic E-state index is 13.7. The van der Waals surface area contributed by atoms with Crippen LogP contribution in [0.15, 0.2) is 88.9 Å². The Bertz CT molecular complexity index is 1490. The minimum Gasteiger partial charge on any atom is -0.266 e. The maximum Gasteiger partial charge on any atom is 0.497 e. The number of sulfone groups is 1. The van der Waals surface area contributed by atoms with Crippen molar-refractivity contribution in [1.29, 1.82) is 0 Å². The fraction of sp³-hybridized carbons (Fsp3) is 0.200. The average molecular weight is 549 g/mol. The molecule has 38 heavy (non-hydrogen) atoms. The zero-order valence-corrected chi connectivity index (χ0v) is 20.9. The molecule has 1 aromatic heterocycles. The molecule has 1 saturated heterocycles. The van der Waals surface area contributed by atoms with Crippen LogP contribution in [0.1, 0.15) is 19.4 Å². The average Bonchev–Trinajstić information content (AvgIpc) is 3.02. The molecule has 0 bridgehead atoms. The van der Waals surface area contributed by atoms with Gasteiger partial charge in [-0.3, -0.25) is 14.6 Å². The zero-order valence-electron chi connectivity index (χ0n) is 20.0. The van der Waals surface area contributed by atoms with E-state index in [-0.39, 0.29) is 21.0 Å². The molecule has 9 nitrogen and oxygen atoms in total. The molecule has 1 unspecified atom stereocenters. The summed E-state index contributed by atoms with van der Waals surface area (Å²) < 4.78 is 63.9. The standard InChI is InChI=1S/C25H21F3N3O6S/c1-24(2)21(32)30(18-8-10-20(11-9-18)38(35,36)19-6-4-3-5-7-19)23(34)31(24,37-22(33)25(26,27)28)16-17-12-14-29-15-13-17/h3-15H,16H2,1-2H3/q+1. The van der Waals surface area contributed by atoms with Crippen LogP contribution in [0.2, 0.25) is 0 Å². The number of carbonyl (C=O) groups excluding carboxylic acids is 3. The molecule has 3 aromatic rings. The number of carbonyl (C=O) groups is 3. The van der Waals surface area contributed by atoms with Crippen LogP contribution in [-0.2, 0) is 30.8 Å². The number of hydroxylamine groups is 3. The molecule has 1 aliphatic heterocycles. The van der Waals surface area contributed by atoms with Gasteiger partial charge in [0.05, 0.1) is 15.5 Å². The van der Waals surface area contributed by atoms with Gasteiger partial charge in [-0.05, 0) is 53.2 Å². The minimum absolute atomic E-state index is 0.0225. The topological polar surface area (TPSA) is 111 Å². The predicted molar refractivity (Wildman–Crippen MR) is 126 cm³/mol. The van der Waals surface area contributed by atoms with E-state index in [9.17, 15) is 36.0 Å². The number of halogens is 3. The molecule has 1 fully saturated rings. The Morgan fingerprint density at radius 1 is 0.947 bits per heavy atom. The van der Waals surface area contributed by atoms with E-state index >= 15 is 0 Å². The van der Waals surface area contributed by atoms with E-state index in [1.165, 1.54) is 74.8 Å². The van der Waals surface area contributed by atoms with Crippen molar-refractivity contribution in [2.75, 3.05) is 4.90 Å². The molecule has 2 heterocycles. The third kappa shape index (κ3) is 4.43. The van der Waals surface area contributed by atoms with Gasteiger partial charge < -0.3 is 0 Å². The Morgan fingerprint density at radius 3 is 2.05 bits per heavy atom. The molecule has 1 aliphatic rings. The number of anilines is 1. The van der Waals surface area contributed by atoms with Gasteiger partial charge >= 0.3 is 24.1 Å². The summed E-state index contributed by atoms with van der Waals surface area (Å²) in [5.74, 6) is -3.60. The largest absolute Gasteiger partial charge is 0.497 e. The van der Waals surface area contributed by atoms with E-state index in [0.29, 0.717) is 4.90 Å². The molecule has 0 aliphatic carbocycles. The third-order valence-electron chi connectivity index (χ3n) is 6.21. The minimum atomic E-state index is -5.44. The lowest BCUT2D eigenvalue weighted by Gasteiger charge is -2.35. The first-order valence-corrected chi connectivity index (χ1v) is 12.6. The van der Waals surface area contributed by atoms with Crippen molar-refractivity contribution in [2.24, 2.45) is 0 Å². The van der Waals surface area contributed by atoms with Gasteiger partial charge in [-0.1, -0.05) is 18.2 Å². The summed E-state index contributed by atoms with van der Waals surface area (Å²) in [6.45, 7) is 1.78. The van der Waals surface area contributed by atoms with Crippen LogP contribution in [0.3, 0.4) is 0 Å². The second kappa shape index (κ2) is 9.33. The van der Waals surface area contributed by atoms with Gasteiger partial charge in [0.25, 0.3) is 0 Å². The van der Waals surface area contributed by atoms with Crippen molar-refractivity contribution < 1.29 is 45.5 Å². The lowest BCUT2D eigenvalue weighted by molar-refractivity contribution is -1.06. The van der Waals surface area contributed by atoms with Gasteiger partial charge in [0.1, 0.15) is 0 Å². The molecule has 1 atom stereocenters. The zero-order chi connectivity index (χ0) is 27.9. The molecule has 198 valence electrons. The van der Waals surface area contributed by atoms with Crippen molar-refractivity contribution in [1.82, 2.24) is 4.98 Å². The van der Waals surface area contributed by atoms with E-state index in [1.54, 1.807) is 18.2 Å². The molecule has 4 rings (SSSR count). The van der Waals surface area contributed by atoms with Crippen LogP contribution in [0.25, 0.3) is 0 Å². The van der Waals surface area contributed by atoms with Crippen LogP contribution >= 0.6 is 0 Å². The van der Waals surface area contributed by atoms with E-state index in [4.69, 9.17) is 4.84 Å². The summed E-state index contributed by atoms with van der Waals surface area (Å²) in [4.78, 5) is 48.2. The summed E-state index contributed by atoms with van der Waals surface area (Å²) in [6.07, 6.45) is -2.78. The number of rotatable bonds is 6. The highest BCUT2D eigenvalue weighted by molar-refractivity contribution is 7.91. The monoisotopic (exact) mass is 548 g/mol. The number of aromatic nitrogens is 1. The van der Waals surface area contributed by atoms with Gasteiger partial charge in [0.2, 0.25) is 15.4 Å². The Morgan fingerprint density at radius 2 is 1.50 bits per heavy atom. The van der Waals surface area contributed by atoms with Crippen molar-refractivity contribution in [3.05, 3.63) is 84.7 Å². The fourth-order valence-electron chi connectivity index (χ4n) is 4.04. The van der Waals surface area contributed by atoms with Crippen LogP contribution in [0.4, 0.5) is 23.7 Å². The molecular formula is C25H21F3N3O6S+. The van der Waals surface area contributed by atoms with Gasteiger partial charge in [-0.15, -0.1) is 0 Å². The van der Waals surface area contributed by atoms with E-state index in [0.717, 1.165) is 0 Å². The predicted octanol–water partition coefficient (Wildman–Crippen LogP) is 4.20.